The Bertz CT molecular complexity index is 573. The minimum atomic E-state index is -0.761. The van der Waals surface area contributed by atoms with E-state index in [-0.39, 0.29) is 18.5 Å². The van der Waals surface area contributed by atoms with E-state index < -0.39 is 6.16 Å². The molecule has 1 fully saturated rings. The van der Waals surface area contributed by atoms with Crippen LogP contribution in [0.2, 0.25) is 0 Å². The number of rotatable bonds is 5. The first-order valence-electron chi connectivity index (χ1n) is 6.74. The number of amidine groups is 1. The van der Waals surface area contributed by atoms with Crippen LogP contribution < -0.4 is 10.6 Å². The number of nitrogen functional groups attached to an aromatic ring is 1. The van der Waals surface area contributed by atoms with E-state index in [2.05, 4.69) is 4.74 Å². The number of nitrogens with zero attached hydrogens (tertiary/aromatic N) is 2. The van der Waals surface area contributed by atoms with Crippen LogP contribution in [0.1, 0.15) is 5.56 Å². The minimum absolute atomic E-state index is 0.0131. The molecule has 0 atom stereocenters. The first kappa shape index (κ1) is 15.6. The van der Waals surface area contributed by atoms with Crippen LogP contribution in [0.25, 0.3) is 0 Å². The van der Waals surface area contributed by atoms with E-state index in [1.807, 2.05) is 0 Å². The summed E-state index contributed by atoms with van der Waals surface area (Å²) in [4.78, 5) is 26.4. The van der Waals surface area contributed by atoms with Crippen molar-refractivity contribution in [3.8, 4) is 0 Å². The van der Waals surface area contributed by atoms with Gasteiger partial charge in [0.15, 0.2) is 0 Å². The molecular formula is C14H18N4O4. The van der Waals surface area contributed by atoms with Crippen LogP contribution in [0.15, 0.2) is 24.3 Å². The van der Waals surface area contributed by atoms with Gasteiger partial charge >= 0.3 is 12.2 Å². The van der Waals surface area contributed by atoms with Gasteiger partial charge in [0.1, 0.15) is 12.4 Å². The highest BCUT2D eigenvalue weighted by molar-refractivity contribution is 5.97. The third kappa shape index (κ3) is 3.46. The number of ether oxygens (including phenoxy) is 2. The fraction of sp³-hybridized carbons (Fsp3) is 0.357. The van der Waals surface area contributed by atoms with Crippen molar-refractivity contribution >= 4 is 23.7 Å². The Balaban J connectivity index is 1.93. The number of hydrogen-bond acceptors (Lipinski definition) is 5. The zero-order valence-electron chi connectivity index (χ0n) is 12.2. The van der Waals surface area contributed by atoms with Crippen LogP contribution in [0.4, 0.5) is 15.3 Å². The molecule has 1 saturated heterocycles. The normalized spacial score (nSPS) is 14.1. The van der Waals surface area contributed by atoms with Gasteiger partial charge in [-0.25, -0.2) is 9.59 Å². The van der Waals surface area contributed by atoms with Crippen LogP contribution in [0.3, 0.4) is 0 Å². The second-order valence-electron chi connectivity index (χ2n) is 4.68. The van der Waals surface area contributed by atoms with Crippen molar-refractivity contribution in [3.63, 3.8) is 0 Å². The smallest absolute Gasteiger partial charge is 0.438 e. The molecule has 1 heterocycles. The van der Waals surface area contributed by atoms with Gasteiger partial charge in [0.05, 0.1) is 13.7 Å². The summed E-state index contributed by atoms with van der Waals surface area (Å²) in [5, 5.41) is 7.35. The summed E-state index contributed by atoms with van der Waals surface area (Å²) < 4.78 is 9.13. The highest BCUT2D eigenvalue weighted by Crippen LogP contribution is 2.20. The standard InChI is InChI=1S/C14H18N4O4/c1-21-14(20)22-9-8-17-6-7-18(13(17)19)11-4-2-10(3-5-11)12(15)16/h2-5H,6-9H2,1H3,(H3,15,16). The fourth-order valence-electron chi connectivity index (χ4n) is 2.15. The third-order valence-electron chi connectivity index (χ3n) is 3.33. The van der Waals surface area contributed by atoms with Crippen molar-refractivity contribution < 1.29 is 19.1 Å². The van der Waals surface area contributed by atoms with Gasteiger partial charge in [0.25, 0.3) is 0 Å². The number of nitrogens with two attached hydrogens (primary N) is 1. The van der Waals surface area contributed by atoms with Gasteiger partial charge in [-0.05, 0) is 24.3 Å². The van der Waals surface area contributed by atoms with E-state index in [0.29, 0.717) is 25.2 Å². The highest BCUT2D eigenvalue weighted by atomic mass is 16.7. The van der Waals surface area contributed by atoms with E-state index >= 15 is 0 Å². The van der Waals surface area contributed by atoms with Crippen molar-refractivity contribution in [3.05, 3.63) is 29.8 Å². The maximum Gasteiger partial charge on any atom is 0.508 e. The summed E-state index contributed by atoms with van der Waals surface area (Å²) in [6.07, 6.45) is -0.761. The summed E-state index contributed by atoms with van der Waals surface area (Å²) in [6.45, 7) is 1.51. The van der Waals surface area contributed by atoms with Crippen molar-refractivity contribution in [2.45, 2.75) is 0 Å². The van der Waals surface area contributed by atoms with Gasteiger partial charge in [-0.3, -0.25) is 10.3 Å². The zero-order chi connectivity index (χ0) is 16.1. The topological polar surface area (TPSA) is 109 Å². The molecule has 1 aliphatic heterocycles. The Morgan fingerprint density at radius 2 is 2.00 bits per heavy atom. The second-order valence-corrected chi connectivity index (χ2v) is 4.68. The average molecular weight is 306 g/mol. The first-order valence-corrected chi connectivity index (χ1v) is 6.74. The predicted octanol–water partition coefficient (Wildman–Crippen LogP) is 0.996. The van der Waals surface area contributed by atoms with Gasteiger partial charge < -0.3 is 20.1 Å². The predicted molar refractivity (Wildman–Crippen MR) is 80.1 cm³/mol. The van der Waals surface area contributed by atoms with Gasteiger partial charge in [-0.2, -0.15) is 0 Å². The first-order chi connectivity index (χ1) is 10.5. The lowest BCUT2D eigenvalue weighted by Crippen LogP contribution is -2.34. The van der Waals surface area contributed by atoms with Crippen LogP contribution in [-0.2, 0) is 9.47 Å². The lowest BCUT2D eigenvalue weighted by Gasteiger charge is -2.18. The number of nitrogens with one attached hydrogen (secondary N) is 1. The number of methoxy groups -OCH3 is 1. The van der Waals surface area contributed by atoms with E-state index in [0.717, 1.165) is 5.69 Å². The molecule has 8 heteroatoms. The molecule has 2 amide bonds. The molecule has 22 heavy (non-hydrogen) atoms. The van der Waals surface area contributed by atoms with E-state index in [1.165, 1.54) is 7.11 Å². The summed E-state index contributed by atoms with van der Waals surface area (Å²) >= 11 is 0. The number of amides is 2. The van der Waals surface area contributed by atoms with Crippen LogP contribution in [0.5, 0.6) is 0 Å². The Morgan fingerprint density at radius 3 is 2.59 bits per heavy atom. The van der Waals surface area contributed by atoms with Crippen molar-refractivity contribution in [1.82, 2.24) is 4.90 Å². The maximum absolute atomic E-state index is 12.3. The Kier molecular flexibility index (Phi) is 4.82. The summed E-state index contributed by atoms with van der Waals surface area (Å²) in [6, 6.07) is 6.76. The molecule has 0 unspecified atom stereocenters. The molecule has 0 bridgehead atoms. The van der Waals surface area contributed by atoms with Crippen LogP contribution in [0, 0.1) is 5.41 Å². The number of urea groups is 1. The fourth-order valence-corrected chi connectivity index (χ4v) is 2.15. The van der Waals surface area contributed by atoms with Gasteiger partial charge in [0, 0.05) is 24.3 Å². The number of carbonyl (C=O) groups excluding carboxylic acids is 2. The van der Waals surface area contributed by atoms with Crippen molar-refractivity contribution in [1.29, 1.82) is 5.41 Å². The molecule has 8 nitrogen and oxygen atoms in total. The number of hydrogen-bond donors (Lipinski definition) is 2. The summed E-state index contributed by atoms with van der Waals surface area (Å²) in [5.41, 5.74) is 6.75. The molecule has 1 aromatic rings. The molecule has 1 aromatic carbocycles. The highest BCUT2D eigenvalue weighted by Gasteiger charge is 2.29. The van der Waals surface area contributed by atoms with Crippen LogP contribution >= 0.6 is 0 Å². The second kappa shape index (κ2) is 6.79. The minimum Gasteiger partial charge on any atom is -0.438 e. The Hall–Kier alpha value is -2.77. The lowest BCUT2D eigenvalue weighted by molar-refractivity contribution is 0.0678. The SMILES string of the molecule is COC(=O)OCCN1CCN(c2ccc(C(=N)N)cc2)C1=O. The third-order valence-corrected chi connectivity index (χ3v) is 3.33. The molecule has 0 aromatic heterocycles. The van der Waals surface area contributed by atoms with Gasteiger partial charge in [0.2, 0.25) is 0 Å². The Morgan fingerprint density at radius 1 is 1.32 bits per heavy atom. The monoisotopic (exact) mass is 306 g/mol. The molecule has 0 radical (unpaired) electrons. The summed E-state index contributed by atoms with van der Waals surface area (Å²) in [5.74, 6) is -0.0131. The molecule has 2 rings (SSSR count). The van der Waals surface area contributed by atoms with Crippen molar-refractivity contribution in [2.24, 2.45) is 5.73 Å². The summed E-state index contributed by atoms with van der Waals surface area (Å²) in [7, 11) is 1.23. The Labute approximate surface area is 127 Å². The van der Waals surface area contributed by atoms with Gasteiger partial charge in [-0.1, -0.05) is 0 Å². The maximum atomic E-state index is 12.3. The largest absolute Gasteiger partial charge is 0.508 e. The number of benzene rings is 1. The van der Waals surface area contributed by atoms with Crippen molar-refractivity contribution in [2.75, 3.05) is 38.3 Å². The zero-order valence-corrected chi connectivity index (χ0v) is 12.2. The molecule has 0 saturated carbocycles. The van der Waals surface area contributed by atoms with Crippen LogP contribution in [-0.4, -0.2) is 56.3 Å². The van der Waals surface area contributed by atoms with Gasteiger partial charge in [-0.15, -0.1) is 0 Å². The molecule has 0 aliphatic carbocycles. The number of anilines is 1. The molecular weight excluding hydrogens is 288 g/mol. The molecule has 1 aliphatic rings. The van der Waals surface area contributed by atoms with E-state index in [1.54, 1.807) is 34.1 Å². The molecule has 0 spiro atoms. The lowest BCUT2D eigenvalue weighted by atomic mass is 10.2. The quantitative estimate of drug-likeness (QED) is 0.479. The molecule has 118 valence electrons. The van der Waals surface area contributed by atoms with E-state index in [9.17, 15) is 9.59 Å². The molecule has 3 N–H and O–H groups in total. The average Bonchev–Trinajstić information content (AvgIpc) is 2.88. The van der Waals surface area contributed by atoms with E-state index in [4.69, 9.17) is 15.9 Å². The number of carbonyl (C=O) groups is 2.